The van der Waals surface area contributed by atoms with Crippen molar-refractivity contribution in [3.05, 3.63) is 63.9 Å². The molecular weight excluding hydrogens is 288 g/mol. The third-order valence-corrected chi connectivity index (χ3v) is 3.67. The van der Waals surface area contributed by atoms with Gasteiger partial charge in [-0.25, -0.2) is 4.79 Å². The molecule has 3 N–H and O–H groups in total. The minimum atomic E-state index is -0.590. The van der Waals surface area contributed by atoms with E-state index in [0.29, 0.717) is 11.4 Å². The van der Waals surface area contributed by atoms with E-state index < -0.39 is 5.97 Å². The van der Waals surface area contributed by atoms with Crippen molar-refractivity contribution in [3.63, 3.8) is 0 Å². The standard InChI is InChI=1S/C15H14N2O3S/c16-20-15(19)13-8-6-12(21-13)7-9-14(18)17-10-11-4-2-1-3-5-11/h1-9H,10,16H2,(H,17,18). The zero-order valence-corrected chi connectivity index (χ0v) is 11.9. The zero-order chi connectivity index (χ0) is 15.1. The molecule has 1 heterocycles. The van der Waals surface area contributed by atoms with Gasteiger partial charge in [0.15, 0.2) is 0 Å². The van der Waals surface area contributed by atoms with Crippen molar-refractivity contribution in [2.75, 3.05) is 0 Å². The second-order valence-electron chi connectivity index (χ2n) is 4.14. The van der Waals surface area contributed by atoms with Crippen LogP contribution in [0.4, 0.5) is 0 Å². The van der Waals surface area contributed by atoms with Crippen LogP contribution in [-0.4, -0.2) is 11.9 Å². The lowest BCUT2D eigenvalue weighted by Gasteiger charge is -2.01. The molecule has 0 aliphatic carbocycles. The third-order valence-electron chi connectivity index (χ3n) is 2.64. The van der Waals surface area contributed by atoms with E-state index in [9.17, 15) is 9.59 Å². The zero-order valence-electron chi connectivity index (χ0n) is 11.1. The van der Waals surface area contributed by atoms with Gasteiger partial charge in [-0.15, -0.1) is 11.3 Å². The van der Waals surface area contributed by atoms with Gasteiger partial charge in [0.25, 0.3) is 0 Å². The molecule has 0 bridgehead atoms. The van der Waals surface area contributed by atoms with Gasteiger partial charge in [0.1, 0.15) is 4.88 Å². The molecule has 0 unspecified atom stereocenters. The van der Waals surface area contributed by atoms with E-state index in [-0.39, 0.29) is 5.91 Å². The van der Waals surface area contributed by atoms with E-state index in [4.69, 9.17) is 5.90 Å². The number of carbonyl (C=O) groups is 2. The maximum Gasteiger partial charge on any atom is 0.366 e. The lowest BCUT2D eigenvalue weighted by molar-refractivity contribution is -0.116. The molecule has 2 aromatic rings. The van der Waals surface area contributed by atoms with Crippen molar-refractivity contribution in [1.29, 1.82) is 0 Å². The summed E-state index contributed by atoms with van der Waals surface area (Å²) in [4.78, 5) is 28.2. The summed E-state index contributed by atoms with van der Waals surface area (Å²) in [5.41, 5.74) is 1.03. The molecule has 5 nitrogen and oxygen atoms in total. The lowest BCUT2D eigenvalue weighted by atomic mass is 10.2. The predicted molar refractivity (Wildman–Crippen MR) is 81.2 cm³/mol. The molecule has 1 aromatic heterocycles. The van der Waals surface area contributed by atoms with Crippen LogP contribution in [0.15, 0.2) is 48.5 Å². The Morgan fingerprint density at radius 2 is 1.95 bits per heavy atom. The first-order chi connectivity index (χ1) is 10.2. The van der Waals surface area contributed by atoms with E-state index in [1.54, 1.807) is 18.2 Å². The molecule has 6 heteroatoms. The van der Waals surface area contributed by atoms with E-state index in [1.807, 2.05) is 30.3 Å². The van der Waals surface area contributed by atoms with Crippen molar-refractivity contribution in [2.45, 2.75) is 6.54 Å². The maximum absolute atomic E-state index is 11.7. The Hall–Kier alpha value is -2.44. The molecule has 1 amide bonds. The molecule has 0 saturated carbocycles. The smallest absolute Gasteiger partial charge is 0.366 e. The number of thiophene rings is 1. The van der Waals surface area contributed by atoms with Crippen LogP contribution in [0.2, 0.25) is 0 Å². The molecule has 0 fully saturated rings. The fraction of sp³-hybridized carbons (Fsp3) is 0.0667. The monoisotopic (exact) mass is 302 g/mol. The minimum Gasteiger partial charge on any atom is -0.369 e. The van der Waals surface area contributed by atoms with Crippen LogP contribution in [0.5, 0.6) is 0 Å². The molecule has 2 rings (SSSR count). The highest BCUT2D eigenvalue weighted by Gasteiger charge is 2.08. The Kier molecular flexibility index (Phi) is 5.25. The van der Waals surface area contributed by atoms with E-state index in [2.05, 4.69) is 10.2 Å². The summed E-state index contributed by atoms with van der Waals surface area (Å²) in [5, 5.41) is 2.78. The Morgan fingerprint density at radius 1 is 1.19 bits per heavy atom. The predicted octanol–water partition coefficient (Wildman–Crippen LogP) is 2.11. The molecule has 1 aromatic carbocycles. The molecule has 108 valence electrons. The van der Waals surface area contributed by atoms with Crippen LogP contribution in [0.1, 0.15) is 20.1 Å². The van der Waals surface area contributed by atoms with Gasteiger partial charge >= 0.3 is 5.97 Å². The number of nitrogens with one attached hydrogen (secondary N) is 1. The summed E-state index contributed by atoms with van der Waals surface area (Å²) in [6.45, 7) is 0.471. The lowest BCUT2D eigenvalue weighted by Crippen LogP contribution is -2.20. The summed E-state index contributed by atoms with van der Waals surface area (Å²) in [6, 6.07) is 13.0. The second kappa shape index (κ2) is 7.37. The van der Waals surface area contributed by atoms with Crippen molar-refractivity contribution in [1.82, 2.24) is 5.32 Å². The number of carbonyl (C=O) groups excluding carboxylic acids is 2. The van der Waals surface area contributed by atoms with Gasteiger partial charge in [0.05, 0.1) is 0 Å². The van der Waals surface area contributed by atoms with Gasteiger partial charge in [0, 0.05) is 17.5 Å². The van der Waals surface area contributed by atoms with E-state index in [1.165, 1.54) is 17.4 Å². The van der Waals surface area contributed by atoms with Gasteiger partial charge in [-0.1, -0.05) is 30.3 Å². The number of benzene rings is 1. The summed E-state index contributed by atoms with van der Waals surface area (Å²) >= 11 is 1.20. The van der Waals surface area contributed by atoms with Crippen molar-refractivity contribution >= 4 is 29.3 Å². The van der Waals surface area contributed by atoms with Crippen LogP contribution < -0.4 is 11.2 Å². The Morgan fingerprint density at radius 3 is 2.67 bits per heavy atom. The van der Waals surface area contributed by atoms with Gasteiger partial charge in [-0.05, 0) is 23.8 Å². The molecule has 0 saturated heterocycles. The number of nitrogens with two attached hydrogens (primary N) is 1. The quantitative estimate of drug-likeness (QED) is 0.654. The van der Waals surface area contributed by atoms with Crippen LogP contribution in [0, 0.1) is 0 Å². The average molecular weight is 302 g/mol. The Labute approximate surface area is 126 Å². The fourth-order valence-corrected chi connectivity index (χ4v) is 2.41. The highest BCUT2D eigenvalue weighted by Crippen LogP contribution is 2.18. The first kappa shape index (κ1) is 15.0. The molecular formula is C15H14N2O3S. The molecule has 21 heavy (non-hydrogen) atoms. The highest BCUT2D eigenvalue weighted by molar-refractivity contribution is 7.14. The average Bonchev–Trinajstić information content (AvgIpc) is 3.00. The van der Waals surface area contributed by atoms with Crippen LogP contribution in [-0.2, 0) is 16.2 Å². The second-order valence-corrected chi connectivity index (χ2v) is 5.26. The number of hydrogen-bond acceptors (Lipinski definition) is 5. The SMILES string of the molecule is NOC(=O)c1ccc(C=CC(=O)NCc2ccccc2)s1. The number of amides is 1. The summed E-state index contributed by atoms with van der Waals surface area (Å²) in [6.07, 6.45) is 3.06. The first-order valence-corrected chi connectivity index (χ1v) is 7.01. The Balaban J connectivity index is 1.87. The molecule has 0 spiro atoms. The van der Waals surface area contributed by atoms with Crippen LogP contribution in [0.25, 0.3) is 6.08 Å². The van der Waals surface area contributed by atoms with Crippen LogP contribution >= 0.6 is 11.3 Å². The Bertz CT molecular complexity index is 650. The van der Waals surface area contributed by atoms with Gasteiger partial charge < -0.3 is 10.2 Å². The molecule has 0 radical (unpaired) electrons. The fourth-order valence-electron chi connectivity index (χ4n) is 1.61. The normalized spacial score (nSPS) is 10.5. The van der Waals surface area contributed by atoms with Gasteiger partial charge in [-0.3, -0.25) is 4.79 Å². The van der Waals surface area contributed by atoms with Crippen molar-refractivity contribution < 1.29 is 14.4 Å². The summed E-state index contributed by atoms with van der Waals surface area (Å²) in [7, 11) is 0. The van der Waals surface area contributed by atoms with E-state index in [0.717, 1.165) is 10.4 Å². The summed E-state index contributed by atoms with van der Waals surface area (Å²) in [5.74, 6) is 4.02. The molecule has 0 aliphatic rings. The van der Waals surface area contributed by atoms with Gasteiger partial charge in [-0.2, -0.15) is 5.90 Å². The number of rotatable bonds is 5. The summed E-state index contributed by atoms with van der Waals surface area (Å²) < 4.78 is 0. The molecule has 0 aliphatic heterocycles. The van der Waals surface area contributed by atoms with Crippen molar-refractivity contribution in [3.8, 4) is 0 Å². The largest absolute Gasteiger partial charge is 0.369 e. The molecule has 0 atom stereocenters. The number of hydrogen-bond donors (Lipinski definition) is 2. The van der Waals surface area contributed by atoms with Crippen LogP contribution in [0.3, 0.4) is 0 Å². The third kappa shape index (κ3) is 4.55. The van der Waals surface area contributed by atoms with Gasteiger partial charge in [0.2, 0.25) is 5.91 Å². The van der Waals surface area contributed by atoms with E-state index >= 15 is 0 Å². The minimum absolute atomic E-state index is 0.199. The first-order valence-electron chi connectivity index (χ1n) is 6.20. The topological polar surface area (TPSA) is 81.4 Å². The van der Waals surface area contributed by atoms with Crippen molar-refractivity contribution in [2.24, 2.45) is 5.90 Å². The maximum atomic E-state index is 11.7. The highest BCUT2D eigenvalue weighted by atomic mass is 32.1.